The van der Waals surface area contributed by atoms with Crippen molar-refractivity contribution < 1.29 is 14.3 Å². The number of carbonyl (C=O) groups is 2. The van der Waals surface area contributed by atoms with Crippen molar-refractivity contribution in [2.24, 2.45) is 10.9 Å². The Morgan fingerprint density at radius 1 is 1.11 bits per heavy atom. The zero-order valence-electron chi connectivity index (χ0n) is 15.8. The van der Waals surface area contributed by atoms with Gasteiger partial charge in [0, 0.05) is 12.4 Å². The van der Waals surface area contributed by atoms with Crippen LogP contribution >= 0.6 is 0 Å². The van der Waals surface area contributed by atoms with E-state index in [-0.39, 0.29) is 23.2 Å². The summed E-state index contributed by atoms with van der Waals surface area (Å²) in [7, 11) is 0. The van der Waals surface area contributed by atoms with Crippen molar-refractivity contribution in [3.63, 3.8) is 0 Å². The number of aliphatic imine (C=N–C) groups is 1. The van der Waals surface area contributed by atoms with Crippen LogP contribution in [0.4, 0.5) is 0 Å². The molecular weight excluding hydrogens is 344 g/mol. The number of esters is 1. The molecule has 2 aromatic rings. The van der Waals surface area contributed by atoms with E-state index in [9.17, 15) is 9.59 Å². The van der Waals surface area contributed by atoms with Gasteiger partial charge in [-0.15, -0.1) is 0 Å². The maximum atomic E-state index is 12.7. The van der Waals surface area contributed by atoms with Crippen LogP contribution in [0.5, 0.6) is 0 Å². The average molecular weight is 366 g/mol. The molecule has 3 heterocycles. The molecular formula is C20H22N4O3. The van der Waals surface area contributed by atoms with Gasteiger partial charge in [0.25, 0.3) is 5.91 Å². The molecule has 7 nitrogen and oxygen atoms in total. The van der Waals surface area contributed by atoms with E-state index in [1.165, 1.54) is 0 Å². The molecule has 0 spiro atoms. The molecule has 1 amide bonds. The van der Waals surface area contributed by atoms with Crippen molar-refractivity contribution >= 4 is 17.7 Å². The molecule has 0 saturated carbocycles. The highest BCUT2D eigenvalue weighted by atomic mass is 16.5. The molecule has 7 heteroatoms. The fourth-order valence-electron chi connectivity index (χ4n) is 2.71. The molecule has 0 fully saturated rings. The Bertz CT molecular complexity index is 895. The van der Waals surface area contributed by atoms with Crippen molar-refractivity contribution in [1.82, 2.24) is 15.3 Å². The lowest BCUT2D eigenvalue weighted by Gasteiger charge is -2.21. The predicted molar refractivity (Wildman–Crippen MR) is 100 cm³/mol. The van der Waals surface area contributed by atoms with Crippen molar-refractivity contribution in [3.05, 3.63) is 59.7 Å². The molecule has 3 rings (SSSR count). The second-order valence-electron chi connectivity index (χ2n) is 6.92. The molecule has 140 valence electrons. The summed E-state index contributed by atoms with van der Waals surface area (Å²) < 4.78 is 5.54. The summed E-state index contributed by atoms with van der Waals surface area (Å²) in [6.07, 6.45) is 2.67. The standard InChI is InChI=1S/C20H22N4O3/c1-12(2)20(4)19(26)23-17(24-20)16-14(8-7-11-22-16)18(25)27-13(3)15-9-5-6-10-21-15/h5-13H,1-4H3,(H,23,24,26). The van der Waals surface area contributed by atoms with Crippen molar-refractivity contribution in [2.45, 2.75) is 39.3 Å². The van der Waals surface area contributed by atoms with E-state index in [1.807, 2.05) is 19.9 Å². The molecule has 0 radical (unpaired) electrons. The van der Waals surface area contributed by atoms with E-state index in [1.54, 1.807) is 50.5 Å². The van der Waals surface area contributed by atoms with Crippen molar-refractivity contribution in [1.29, 1.82) is 0 Å². The molecule has 1 N–H and O–H groups in total. The smallest absolute Gasteiger partial charge is 0.341 e. The predicted octanol–water partition coefficient (Wildman–Crippen LogP) is 2.69. The van der Waals surface area contributed by atoms with Gasteiger partial charge in [0.05, 0.1) is 11.3 Å². The van der Waals surface area contributed by atoms with Gasteiger partial charge in [0.15, 0.2) is 5.84 Å². The van der Waals surface area contributed by atoms with Crippen LogP contribution in [-0.2, 0) is 9.53 Å². The van der Waals surface area contributed by atoms with Crippen LogP contribution in [0, 0.1) is 5.92 Å². The highest BCUT2D eigenvalue weighted by Gasteiger charge is 2.43. The number of nitrogens with zero attached hydrogens (tertiary/aromatic N) is 3. The van der Waals surface area contributed by atoms with E-state index in [0.29, 0.717) is 11.4 Å². The van der Waals surface area contributed by atoms with Gasteiger partial charge in [-0.1, -0.05) is 19.9 Å². The summed E-state index contributed by atoms with van der Waals surface area (Å²) in [4.78, 5) is 38.1. The van der Waals surface area contributed by atoms with Gasteiger partial charge >= 0.3 is 5.97 Å². The monoisotopic (exact) mass is 366 g/mol. The SMILES string of the molecule is CC(OC(=O)c1cccnc1C1=NC(C)(C(C)C)C(=O)N1)c1ccccn1. The third-order valence-electron chi connectivity index (χ3n) is 4.80. The van der Waals surface area contributed by atoms with Crippen LogP contribution in [0.2, 0.25) is 0 Å². The molecule has 0 bridgehead atoms. The number of nitrogens with one attached hydrogen (secondary N) is 1. The average Bonchev–Trinajstić information content (AvgIpc) is 2.98. The highest BCUT2D eigenvalue weighted by Crippen LogP contribution is 2.27. The lowest BCUT2D eigenvalue weighted by atomic mass is 9.89. The highest BCUT2D eigenvalue weighted by molar-refractivity contribution is 6.17. The summed E-state index contributed by atoms with van der Waals surface area (Å²) in [5.74, 6) is -0.474. The minimum absolute atomic E-state index is 0.00158. The maximum absolute atomic E-state index is 12.7. The number of carbonyl (C=O) groups excluding carboxylic acids is 2. The number of amidine groups is 1. The van der Waals surface area contributed by atoms with Crippen LogP contribution < -0.4 is 5.32 Å². The third kappa shape index (κ3) is 3.58. The molecule has 2 unspecified atom stereocenters. The lowest BCUT2D eigenvalue weighted by Crippen LogP contribution is -2.41. The maximum Gasteiger partial charge on any atom is 0.341 e. The first-order valence-corrected chi connectivity index (χ1v) is 8.81. The van der Waals surface area contributed by atoms with Crippen LogP contribution in [0.15, 0.2) is 47.7 Å². The van der Waals surface area contributed by atoms with Crippen molar-refractivity contribution in [3.8, 4) is 0 Å². The number of amides is 1. The van der Waals surface area contributed by atoms with Gasteiger partial charge in [-0.05, 0) is 44.0 Å². The third-order valence-corrected chi connectivity index (χ3v) is 4.80. The summed E-state index contributed by atoms with van der Waals surface area (Å²) >= 11 is 0. The van der Waals surface area contributed by atoms with Crippen LogP contribution in [0.3, 0.4) is 0 Å². The number of rotatable bonds is 5. The minimum Gasteiger partial charge on any atom is -0.452 e. The van der Waals surface area contributed by atoms with Gasteiger partial charge in [0.1, 0.15) is 17.3 Å². The number of hydrogen-bond acceptors (Lipinski definition) is 6. The van der Waals surface area contributed by atoms with Gasteiger partial charge in [-0.25, -0.2) is 9.79 Å². The van der Waals surface area contributed by atoms with Crippen LogP contribution in [-0.4, -0.2) is 33.2 Å². The Morgan fingerprint density at radius 2 is 1.85 bits per heavy atom. The Morgan fingerprint density at radius 3 is 2.48 bits per heavy atom. The zero-order chi connectivity index (χ0) is 19.6. The van der Waals surface area contributed by atoms with Gasteiger partial charge in [0.2, 0.25) is 0 Å². The Hall–Kier alpha value is -3.09. The van der Waals surface area contributed by atoms with Crippen LogP contribution in [0.25, 0.3) is 0 Å². The minimum atomic E-state index is -0.894. The normalized spacial score (nSPS) is 20.2. The first-order valence-electron chi connectivity index (χ1n) is 8.81. The topological polar surface area (TPSA) is 93.5 Å². The lowest BCUT2D eigenvalue weighted by molar-refractivity contribution is -0.124. The second-order valence-corrected chi connectivity index (χ2v) is 6.92. The quantitative estimate of drug-likeness (QED) is 0.821. The fourth-order valence-corrected chi connectivity index (χ4v) is 2.71. The van der Waals surface area contributed by atoms with E-state index < -0.39 is 17.6 Å². The summed E-state index contributed by atoms with van der Waals surface area (Å²) in [6, 6.07) is 8.67. The summed E-state index contributed by atoms with van der Waals surface area (Å²) in [5.41, 5.74) is 0.297. The van der Waals surface area contributed by atoms with Crippen LogP contribution in [0.1, 0.15) is 55.5 Å². The number of ether oxygens (including phenoxy) is 1. The molecule has 1 aliphatic rings. The Kier molecular flexibility index (Phi) is 5.03. The molecule has 0 saturated heterocycles. The van der Waals surface area contributed by atoms with Gasteiger partial charge in [-0.3, -0.25) is 14.8 Å². The molecule has 27 heavy (non-hydrogen) atoms. The van der Waals surface area contributed by atoms with E-state index in [2.05, 4.69) is 20.3 Å². The van der Waals surface area contributed by atoms with E-state index in [0.717, 1.165) is 0 Å². The first-order chi connectivity index (χ1) is 12.8. The zero-order valence-corrected chi connectivity index (χ0v) is 15.8. The number of pyridine rings is 2. The van der Waals surface area contributed by atoms with Gasteiger partial charge in [-0.2, -0.15) is 0 Å². The molecule has 0 aromatic carbocycles. The first kappa shape index (κ1) is 18.7. The summed E-state index contributed by atoms with van der Waals surface area (Å²) in [5, 5.41) is 2.75. The molecule has 2 aromatic heterocycles. The molecule has 0 aliphatic carbocycles. The van der Waals surface area contributed by atoms with E-state index in [4.69, 9.17) is 4.74 Å². The van der Waals surface area contributed by atoms with Crippen molar-refractivity contribution in [2.75, 3.05) is 0 Å². The second kappa shape index (κ2) is 7.26. The Labute approximate surface area is 157 Å². The molecule has 2 atom stereocenters. The molecule has 1 aliphatic heterocycles. The fraction of sp³-hybridized carbons (Fsp3) is 0.350. The number of aromatic nitrogens is 2. The Balaban J connectivity index is 1.89. The van der Waals surface area contributed by atoms with Gasteiger partial charge < -0.3 is 10.1 Å². The largest absolute Gasteiger partial charge is 0.452 e. The van der Waals surface area contributed by atoms with E-state index >= 15 is 0 Å². The number of hydrogen-bond donors (Lipinski definition) is 1. The summed E-state index contributed by atoms with van der Waals surface area (Å²) in [6.45, 7) is 7.37.